The van der Waals surface area contributed by atoms with E-state index >= 15 is 0 Å². The second-order valence-corrected chi connectivity index (χ2v) is 11.6. The lowest BCUT2D eigenvalue weighted by atomic mass is 9.96. The number of esters is 1. The molecular formula is C42H50O2. The van der Waals surface area contributed by atoms with Crippen molar-refractivity contribution < 1.29 is 9.53 Å². The number of hydrogen-bond donors (Lipinski definition) is 0. The van der Waals surface area contributed by atoms with Crippen LogP contribution in [0.2, 0.25) is 0 Å². The molecular weight excluding hydrogens is 536 g/mol. The molecule has 2 aromatic rings. The predicted octanol–water partition coefficient (Wildman–Crippen LogP) is 11.6. The maximum absolute atomic E-state index is 11.4. The fourth-order valence-corrected chi connectivity index (χ4v) is 4.58. The van der Waals surface area contributed by atoms with Crippen molar-refractivity contribution >= 4 is 18.1 Å². The van der Waals surface area contributed by atoms with Gasteiger partial charge in [-0.25, -0.2) is 0 Å². The summed E-state index contributed by atoms with van der Waals surface area (Å²) in [5.41, 5.74) is 14.3. The van der Waals surface area contributed by atoms with Gasteiger partial charge < -0.3 is 4.74 Å². The van der Waals surface area contributed by atoms with Crippen LogP contribution in [0.3, 0.4) is 0 Å². The molecule has 2 nitrogen and oxygen atoms in total. The highest BCUT2D eigenvalue weighted by Crippen LogP contribution is 2.29. The van der Waals surface area contributed by atoms with Crippen molar-refractivity contribution in [2.75, 3.05) is 0 Å². The second-order valence-electron chi connectivity index (χ2n) is 11.6. The van der Waals surface area contributed by atoms with Gasteiger partial charge in [0.2, 0.25) is 0 Å². The van der Waals surface area contributed by atoms with Gasteiger partial charge in [0.1, 0.15) is 5.75 Å². The molecule has 0 bridgehead atoms. The van der Waals surface area contributed by atoms with Gasteiger partial charge in [-0.15, -0.1) is 0 Å². The molecule has 0 aliphatic rings. The summed E-state index contributed by atoms with van der Waals surface area (Å²) in [6.45, 7) is 22.5. The molecule has 0 amide bonds. The number of rotatable bonds is 11. The topological polar surface area (TPSA) is 26.3 Å². The van der Waals surface area contributed by atoms with Gasteiger partial charge in [0.05, 0.1) is 0 Å². The summed E-state index contributed by atoms with van der Waals surface area (Å²) in [6, 6.07) is 6.31. The molecule has 2 rings (SSSR count). The first-order valence-corrected chi connectivity index (χ1v) is 15.2. The van der Waals surface area contributed by atoms with Gasteiger partial charge in [0.25, 0.3) is 0 Å². The SMILES string of the molecule is CC(=O)Oc1cc(C)c(/C=C/C(C)=C/C=C/C(C)=C/C=C/C=C(C)/C=C/C=C(C)/C=C/c2c(C)ccc(C)c2C)c(C)c1C. The Hall–Kier alpha value is -4.43. The van der Waals surface area contributed by atoms with Crippen LogP contribution in [0.15, 0.2) is 113 Å². The standard InChI is InChI=1S/C42H50O2/c1-29(18-14-20-31(3)22-26-40-34(6)25-24-33(5)36(40)8)16-12-13-17-30(2)19-15-21-32(4)23-27-41-35(7)28-42(44-39(11)43)38(10)37(41)9/h12-28H,1-11H3/b13-12+,18-14+,19-15+,26-22+,27-23+,29-16+,30-17+,31-20+,32-21+. The summed E-state index contributed by atoms with van der Waals surface area (Å²) in [6.07, 6.45) is 29.6. The number of aryl methyl sites for hydroxylation is 3. The Morgan fingerprint density at radius 3 is 1.45 bits per heavy atom. The lowest BCUT2D eigenvalue weighted by molar-refractivity contribution is -0.131. The third kappa shape index (κ3) is 11.7. The van der Waals surface area contributed by atoms with E-state index in [-0.39, 0.29) is 5.97 Å². The number of carbonyl (C=O) groups is 1. The summed E-state index contributed by atoms with van der Waals surface area (Å²) in [5.74, 6) is 0.333. The van der Waals surface area contributed by atoms with Crippen LogP contribution in [0.25, 0.3) is 12.2 Å². The monoisotopic (exact) mass is 586 g/mol. The quantitative estimate of drug-likeness (QED) is 0.149. The Bertz CT molecular complexity index is 1620. The average Bonchev–Trinajstić information content (AvgIpc) is 2.95. The fourth-order valence-electron chi connectivity index (χ4n) is 4.58. The summed E-state index contributed by atoms with van der Waals surface area (Å²) in [7, 11) is 0. The van der Waals surface area contributed by atoms with Crippen LogP contribution in [0.5, 0.6) is 5.75 Å². The molecule has 0 aliphatic carbocycles. The van der Waals surface area contributed by atoms with E-state index in [0.29, 0.717) is 5.75 Å². The van der Waals surface area contributed by atoms with E-state index in [0.717, 1.165) is 27.8 Å². The fraction of sp³-hybridized carbons (Fsp3) is 0.262. The van der Waals surface area contributed by atoms with E-state index in [1.54, 1.807) is 0 Å². The minimum atomic E-state index is -0.300. The minimum absolute atomic E-state index is 0.300. The van der Waals surface area contributed by atoms with Gasteiger partial charge >= 0.3 is 5.97 Å². The summed E-state index contributed by atoms with van der Waals surface area (Å²) in [4.78, 5) is 11.4. The van der Waals surface area contributed by atoms with Crippen LogP contribution in [0, 0.1) is 41.5 Å². The molecule has 0 saturated carbocycles. The van der Waals surface area contributed by atoms with Crippen LogP contribution in [0.1, 0.15) is 79.1 Å². The molecule has 0 atom stereocenters. The molecule has 0 aliphatic heterocycles. The zero-order valence-electron chi connectivity index (χ0n) is 28.6. The Morgan fingerprint density at radius 2 is 0.955 bits per heavy atom. The summed E-state index contributed by atoms with van der Waals surface area (Å²) in [5, 5.41) is 0. The maximum atomic E-state index is 11.4. The number of carbonyl (C=O) groups excluding carboxylic acids is 1. The lowest BCUT2D eigenvalue weighted by Crippen LogP contribution is -2.05. The molecule has 0 fully saturated rings. The number of allylic oxidation sites excluding steroid dienone is 16. The normalized spacial score (nSPS) is 14.0. The largest absolute Gasteiger partial charge is 0.426 e. The number of ether oxygens (including phenoxy) is 1. The van der Waals surface area contributed by atoms with Gasteiger partial charge in [0.15, 0.2) is 0 Å². The van der Waals surface area contributed by atoms with Crippen LogP contribution in [-0.2, 0) is 4.79 Å². The smallest absolute Gasteiger partial charge is 0.308 e. The molecule has 0 heterocycles. The Morgan fingerprint density at radius 1 is 0.523 bits per heavy atom. The van der Waals surface area contributed by atoms with Gasteiger partial charge in [-0.05, 0) is 120 Å². The molecule has 44 heavy (non-hydrogen) atoms. The lowest BCUT2D eigenvalue weighted by Gasteiger charge is -2.14. The van der Waals surface area contributed by atoms with Crippen molar-refractivity contribution in [3.63, 3.8) is 0 Å². The Labute approximate surface area is 267 Å². The van der Waals surface area contributed by atoms with E-state index in [1.165, 1.54) is 45.9 Å². The van der Waals surface area contributed by atoms with E-state index in [4.69, 9.17) is 4.74 Å². The van der Waals surface area contributed by atoms with Crippen LogP contribution >= 0.6 is 0 Å². The zero-order valence-corrected chi connectivity index (χ0v) is 28.6. The highest BCUT2D eigenvalue weighted by atomic mass is 16.5. The van der Waals surface area contributed by atoms with E-state index < -0.39 is 0 Å². The first-order chi connectivity index (χ1) is 20.8. The van der Waals surface area contributed by atoms with Gasteiger partial charge in [-0.2, -0.15) is 0 Å². The number of benzene rings is 2. The predicted molar refractivity (Wildman–Crippen MR) is 193 cm³/mol. The molecule has 0 spiro atoms. The molecule has 2 aromatic carbocycles. The molecule has 2 heteroatoms. The molecule has 230 valence electrons. The Balaban J connectivity index is 1.95. The van der Waals surface area contributed by atoms with Crippen molar-refractivity contribution in [1.29, 1.82) is 0 Å². The molecule has 0 radical (unpaired) electrons. The van der Waals surface area contributed by atoms with Gasteiger partial charge in [-0.3, -0.25) is 4.79 Å². The highest BCUT2D eigenvalue weighted by molar-refractivity contribution is 5.72. The van der Waals surface area contributed by atoms with Crippen LogP contribution < -0.4 is 4.74 Å². The molecule has 0 aromatic heterocycles. The first-order valence-electron chi connectivity index (χ1n) is 15.2. The summed E-state index contributed by atoms with van der Waals surface area (Å²) < 4.78 is 5.36. The van der Waals surface area contributed by atoms with E-state index in [2.05, 4.69) is 153 Å². The number of hydrogen-bond acceptors (Lipinski definition) is 2. The molecule has 0 unspecified atom stereocenters. The van der Waals surface area contributed by atoms with Crippen molar-refractivity contribution in [1.82, 2.24) is 0 Å². The maximum Gasteiger partial charge on any atom is 0.308 e. The third-order valence-electron chi connectivity index (χ3n) is 7.66. The summed E-state index contributed by atoms with van der Waals surface area (Å²) >= 11 is 0. The molecule has 0 saturated heterocycles. The zero-order chi connectivity index (χ0) is 32.8. The average molecular weight is 587 g/mol. The minimum Gasteiger partial charge on any atom is -0.426 e. The van der Waals surface area contributed by atoms with Crippen LogP contribution in [-0.4, -0.2) is 5.97 Å². The molecule has 0 N–H and O–H groups in total. The van der Waals surface area contributed by atoms with Gasteiger partial charge in [-0.1, -0.05) is 119 Å². The Kier molecular flexibility index (Phi) is 14.3. The second kappa shape index (κ2) is 17.6. The van der Waals surface area contributed by atoms with E-state index in [1.807, 2.05) is 19.9 Å². The van der Waals surface area contributed by atoms with Crippen molar-refractivity contribution in [3.8, 4) is 5.75 Å². The van der Waals surface area contributed by atoms with Crippen molar-refractivity contribution in [2.45, 2.75) is 76.2 Å². The van der Waals surface area contributed by atoms with Crippen molar-refractivity contribution in [2.24, 2.45) is 0 Å². The first kappa shape index (κ1) is 35.8. The van der Waals surface area contributed by atoms with Crippen molar-refractivity contribution in [3.05, 3.63) is 158 Å². The third-order valence-corrected chi connectivity index (χ3v) is 7.66. The van der Waals surface area contributed by atoms with Gasteiger partial charge in [0, 0.05) is 6.92 Å². The van der Waals surface area contributed by atoms with E-state index in [9.17, 15) is 4.79 Å². The van der Waals surface area contributed by atoms with Crippen LogP contribution in [0.4, 0.5) is 0 Å². The highest BCUT2D eigenvalue weighted by Gasteiger charge is 2.11.